The predicted octanol–water partition coefficient (Wildman–Crippen LogP) is 2.95. The predicted molar refractivity (Wildman–Crippen MR) is 108 cm³/mol. The van der Waals surface area contributed by atoms with Gasteiger partial charge in [0.15, 0.2) is 0 Å². The molecule has 0 bridgehead atoms. The van der Waals surface area contributed by atoms with Crippen molar-refractivity contribution in [2.75, 3.05) is 44.2 Å². The first-order chi connectivity index (χ1) is 13.2. The highest BCUT2D eigenvalue weighted by molar-refractivity contribution is 5.99. The molecule has 0 radical (unpaired) electrons. The standard InChI is InChI=1S/C22H28N4O/c1-18-6-4-7-19(16-18)17-24-12-14-26(15-13-24)22(27)20-8-5-9-23-21(20)25-10-2-3-11-25/h4-9,16H,2-3,10-15,17H2,1H3. The smallest absolute Gasteiger partial charge is 0.257 e. The molecule has 4 rings (SSSR count). The molecule has 142 valence electrons. The van der Waals surface area contributed by atoms with Gasteiger partial charge in [-0.1, -0.05) is 29.8 Å². The Bertz CT molecular complexity index is 792. The summed E-state index contributed by atoms with van der Waals surface area (Å²) in [7, 11) is 0. The molecule has 3 heterocycles. The summed E-state index contributed by atoms with van der Waals surface area (Å²) < 4.78 is 0. The van der Waals surface area contributed by atoms with Gasteiger partial charge in [0.2, 0.25) is 0 Å². The summed E-state index contributed by atoms with van der Waals surface area (Å²) in [6, 6.07) is 12.5. The Hall–Kier alpha value is -2.40. The third-order valence-corrected chi connectivity index (χ3v) is 5.57. The van der Waals surface area contributed by atoms with Crippen molar-refractivity contribution in [1.82, 2.24) is 14.8 Å². The monoisotopic (exact) mass is 364 g/mol. The Morgan fingerprint density at radius 1 is 1.00 bits per heavy atom. The third kappa shape index (κ3) is 4.14. The largest absolute Gasteiger partial charge is 0.356 e. The summed E-state index contributed by atoms with van der Waals surface area (Å²) in [5.41, 5.74) is 3.40. The van der Waals surface area contributed by atoms with Crippen molar-refractivity contribution < 1.29 is 4.79 Å². The van der Waals surface area contributed by atoms with Gasteiger partial charge in [-0.05, 0) is 37.5 Å². The lowest BCUT2D eigenvalue weighted by Crippen LogP contribution is -2.48. The van der Waals surface area contributed by atoms with Crippen molar-refractivity contribution in [3.8, 4) is 0 Å². The first-order valence-electron chi connectivity index (χ1n) is 9.98. The molecule has 0 aliphatic carbocycles. The highest BCUT2D eigenvalue weighted by Gasteiger charge is 2.26. The normalized spacial score (nSPS) is 18.1. The fourth-order valence-electron chi connectivity index (χ4n) is 4.09. The summed E-state index contributed by atoms with van der Waals surface area (Å²) in [5.74, 6) is 0.988. The summed E-state index contributed by atoms with van der Waals surface area (Å²) >= 11 is 0. The van der Waals surface area contributed by atoms with Gasteiger partial charge in [-0.3, -0.25) is 9.69 Å². The first-order valence-corrected chi connectivity index (χ1v) is 9.98. The molecule has 1 aromatic carbocycles. The number of benzene rings is 1. The second-order valence-electron chi connectivity index (χ2n) is 7.63. The Labute approximate surface area is 161 Å². The molecule has 5 nitrogen and oxygen atoms in total. The van der Waals surface area contributed by atoms with Crippen LogP contribution in [0.4, 0.5) is 5.82 Å². The van der Waals surface area contributed by atoms with E-state index in [1.54, 1.807) is 6.20 Å². The molecule has 0 spiro atoms. The van der Waals surface area contributed by atoms with Crippen LogP contribution in [0.2, 0.25) is 0 Å². The molecule has 0 atom stereocenters. The molecule has 0 saturated carbocycles. The van der Waals surface area contributed by atoms with Gasteiger partial charge in [-0.25, -0.2) is 4.98 Å². The zero-order chi connectivity index (χ0) is 18.6. The van der Waals surface area contributed by atoms with E-state index in [9.17, 15) is 4.79 Å². The minimum absolute atomic E-state index is 0.125. The van der Waals surface area contributed by atoms with E-state index in [0.717, 1.165) is 57.2 Å². The van der Waals surface area contributed by atoms with Crippen LogP contribution in [0.25, 0.3) is 0 Å². The quantitative estimate of drug-likeness (QED) is 0.836. The minimum atomic E-state index is 0.125. The van der Waals surface area contributed by atoms with Crippen molar-refractivity contribution in [3.63, 3.8) is 0 Å². The molecule has 2 aromatic rings. The van der Waals surface area contributed by atoms with Crippen LogP contribution < -0.4 is 4.90 Å². The van der Waals surface area contributed by atoms with Gasteiger partial charge in [0.1, 0.15) is 5.82 Å². The number of carbonyl (C=O) groups excluding carboxylic acids is 1. The first kappa shape index (κ1) is 18.0. The van der Waals surface area contributed by atoms with E-state index >= 15 is 0 Å². The van der Waals surface area contributed by atoms with Crippen molar-refractivity contribution in [2.24, 2.45) is 0 Å². The number of pyridine rings is 1. The maximum Gasteiger partial charge on any atom is 0.257 e. The molecule has 2 saturated heterocycles. The maximum atomic E-state index is 13.1. The van der Waals surface area contributed by atoms with Crippen LogP contribution in [-0.2, 0) is 6.54 Å². The van der Waals surface area contributed by atoms with Gasteiger partial charge in [0, 0.05) is 52.0 Å². The van der Waals surface area contributed by atoms with Crippen molar-refractivity contribution in [2.45, 2.75) is 26.3 Å². The van der Waals surface area contributed by atoms with Gasteiger partial charge in [-0.15, -0.1) is 0 Å². The number of amides is 1. The Morgan fingerprint density at radius 2 is 1.78 bits per heavy atom. The SMILES string of the molecule is Cc1cccc(CN2CCN(C(=O)c3cccnc3N3CCCC3)CC2)c1. The average Bonchev–Trinajstić information content (AvgIpc) is 3.23. The van der Waals surface area contributed by atoms with Crippen molar-refractivity contribution in [1.29, 1.82) is 0 Å². The van der Waals surface area contributed by atoms with Crippen molar-refractivity contribution in [3.05, 3.63) is 59.3 Å². The second-order valence-corrected chi connectivity index (χ2v) is 7.63. The molecule has 2 fully saturated rings. The Kier molecular flexibility index (Phi) is 5.39. The number of hydrogen-bond donors (Lipinski definition) is 0. The number of hydrogen-bond acceptors (Lipinski definition) is 4. The number of aromatic nitrogens is 1. The molecule has 1 aromatic heterocycles. The molecule has 1 amide bonds. The van der Waals surface area contributed by atoms with E-state index in [0.29, 0.717) is 0 Å². The van der Waals surface area contributed by atoms with E-state index in [-0.39, 0.29) is 5.91 Å². The number of anilines is 1. The molecule has 2 aliphatic heterocycles. The van der Waals surface area contributed by atoms with Crippen LogP contribution in [0, 0.1) is 6.92 Å². The van der Waals surface area contributed by atoms with Gasteiger partial charge in [0.05, 0.1) is 5.56 Å². The van der Waals surface area contributed by atoms with Crippen LogP contribution in [-0.4, -0.2) is 60.0 Å². The Morgan fingerprint density at radius 3 is 2.52 bits per heavy atom. The van der Waals surface area contributed by atoms with Gasteiger partial charge < -0.3 is 9.80 Å². The maximum absolute atomic E-state index is 13.1. The number of nitrogens with zero attached hydrogens (tertiary/aromatic N) is 4. The molecule has 0 N–H and O–H groups in total. The van der Waals surface area contributed by atoms with Crippen molar-refractivity contribution >= 4 is 11.7 Å². The van der Waals surface area contributed by atoms with Crippen LogP contribution in [0.3, 0.4) is 0 Å². The highest BCUT2D eigenvalue weighted by Crippen LogP contribution is 2.23. The highest BCUT2D eigenvalue weighted by atomic mass is 16.2. The third-order valence-electron chi connectivity index (χ3n) is 5.57. The van der Waals surface area contributed by atoms with Crippen LogP contribution in [0.5, 0.6) is 0 Å². The molecule has 27 heavy (non-hydrogen) atoms. The lowest BCUT2D eigenvalue weighted by atomic mass is 10.1. The number of carbonyl (C=O) groups is 1. The topological polar surface area (TPSA) is 39.7 Å². The molecule has 5 heteroatoms. The minimum Gasteiger partial charge on any atom is -0.356 e. The fourth-order valence-corrected chi connectivity index (χ4v) is 4.09. The lowest BCUT2D eigenvalue weighted by molar-refractivity contribution is 0.0628. The zero-order valence-corrected chi connectivity index (χ0v) is 16.1. The summed E-state index contributed by atoms with van der Waals surface area (Å²) in [4.78, 5) is 24.3. The molecule has 2 aliphatic rings. The van der Waals surface area contributed by atoms with E-state index in [2.05, 4.69) is 46.0 Å². The van der Waals surface area contributed by atoms with E-state index in [1.807, 2.05) is 17.0 Å². The van der Waals surface area contributed by atoms with Gasteiger partial charge >= 0.3 is 0 Å². The molecule has 0 unspecified atom stereocenters. The summed E-state index contributed by atoms with van der Waals surface area (Å²) in [5, 5.41) is 0. The number of piperazine rings is 1. The fraction of sp³-hybridized carbons (Fsp3) is 0.455. The zero-order valence-electron chi connectivity index (χ0n) is 16.1. The van der Waals surface area contributed by atoms with Gasteiger partial charge in [-0.2, -0.15) is 0 Å². The van der Waals surface area contributed by atoms with E-state index in [4.69, 9.17) is 0 Å². The lowest BCUT2D eigenvalue weighted by Gasteiger charge is -2.35. The number of rotatable bonds is 4. The molecular formula is C22H28N4O. The summed E-state index contributed by atoms with van der Waals surface area (Å²) in [6.07, 6.45) is 4.16. The van der Waals surface area contributed by atoms with Crippen LogP contribution in [0.1, 0.15) is 34.3 Å². The Balaban J connectivity index is 1.39. The van der Waals surface area contributed by atoms with Crippen LogP contribution in [0.15, 0.2) is 42.6 Å². The van der Waals surface area contributed by atoms with Gasteiger partial charge in [0.25, 0.3) is 5.91 Å². The molecular weight excluding hydrogens is 336 g/mol. The van der Waals surface area contributed by atoms with E-state index in [1.165, 1.54) is 24.0 Å². The number of aryl methyl sites for hydroxylation is 1. The average molecular weight is 364 g/mol. The summed E-state index contributed by atoms with van der Waals surface area (Å²) in [6.45, 7) is 8.47. The van der Waals surface area contributed by atoms with E-state index < -0.39 is 0 Å². The van der Waals surface area contributed by atoms with Crippen LogP contribution >= 0.6 is 0 Å². The second kappa shape index (κ2) is 8.09.